The van der Waals surface area contributed by atoms with Crippen molar-refractivity contribution < 1.29 is 14.6 Å². The normalized spacial score (nSPS) is 40.4. The second kappa shape index (κ2) is 4.34. The van der Waals surface area contributed by atoms with E-state index in [1.807, 2.05) is 6.92 Å². The molecule has 0 aromatic rings. The van der Waals surface area contributed by atoms with E-state index in [0.29, 0.717) is 12.1 Å². The first kappa shape index (κ1) is 11.9. The van der Waals surface area contributed by atoms with Gasteiger partial charge < -0.3 is 9.84 Å². The summed E-state index contributed by atoms with van der Waals surface area (Å²) in [5.74, 6) is -0.673. The zero-order valence-electron chi connectivity index (χ0n) is 10.1. The van der Waals surface area contributed by atoms with E-state index in [2.05, 4.69) is 4.90 Å². The molecule has 0 aromatic carbocycles. The Labute approximate surface area is 96.6 Å². The van der Waals surface area contributed by atoms with E-state index in [1.165, 1.54) is 0 Å². The van der Waals surface area contributed by atoms with Crippen LogP contribution in [0.1, 0.15) is 39.0 Å². The smallest absolute Gasteiger partial charge is 0.323 e. The number of piperidine rings is 1. The van der Waals surface area contributed by atoms with E-state index in [-0.39, 0.29) is 0 Å². The lowest BCUT2D eigenvalue weighted by molar-refractivity contribution is -0.160. The fraction of sp³-hybridized carbons (Fsp3) is 0.917. The third-order valence-corrected chi connectivity index (χ3v) is 4.25. The van der Waals surface area contributed by atoms with Gasteiger partial charge in [0.15, 0.2) is 0 Å². The van der Waals surface area contributed by atoms with E-state index in [0.717, 1.165) is 38.6 Å². The number of aliphatic carboxylic acids is 1. The van der Waals surface area contributed by atoms with Crippen LogP contribution in [0.4, 0.5) is 0 Å². The molecule has 92 valence electrons. The number of carboxylic acids is 1. The molecule has 1 saturated heterocycles. The van der Waals surface area contributed by atoms with Crippen molar-refractivity contribution in [3.63, 3.8) is 0 Å². The van der Waals surface area contributed by atoms with Crippen LogP contribution in [0.25, 0.3) is 0 Å². The molecule has 1 N–H and O–H groups in total. The average molecular weight is 227 g/mol. The van der Waals surface area contributed by atoms with Gasteiger partial charge in [-0.2, -0.15) is 0 Å². The quantitative estimate of drug-likeness (QED) is 0.793. The first-order valence-corrected chi connectivity index (χ1v) is 6.11. The zero-order chi connectivity index (χ0) is 11.8. The molecule has 0 radical (unpaired) electrons. The highest BCUT2D eigenvalue weighted by Crippen LogP contribution is 2.37. The lowest BCUT2D eigenvalue weighted by atomic mass is 9.80. The molecular weight excluding hydrogens is 206 g/mol. The first-order valence-electron chi connectivity index (χ1n) is 6.11. The average Bonchev–Trinajstić information content (AvgIpc) is 2.19. The molecule has 0 amide bonds. The summed E-state index contributed by atoms with van der Waals surface area (Å²) in [5, 5.41) is 9.39. The van der Waals surface area contributed by atoms with Crippen molar-refractivity contribution in [3.8, 4) is 0 Å². The van der Waals surface area contributed by atoms with Gasteiger partial charge in [0.1, 0.15) is 5.54 Å². The van der Waals surface area contributed by atoms with Crippen LogP contribution in [-0.4, -0.2) is 47.3 Å². The Morgan fingerprint density at radius 2 is 2.12 bits per heavy atom. The highest BCUT2D eigenvalue weighted by Gasteiger charge is 2.47. The molecule has 1 unspecified atom stereocenters. The SMILES string of the molecule is COC1CC(N2CCCCC2(C)C(=O)O)C1. The standard InChI is InChI=1S/C12H21NO3/c1-12(11(14)15)5-3-4-6-13(12)9-7-10(8-9)16-2/h9-10H,3-8H2,1-2H3,(H,14,15). The third-order valence-electron chi connectivity index (χ3n) is 4.25. The number of hydrogen-bond acceptors (Lipinski definition) is 3. The van der Waals surface area contributed by atoms with Crippen LogP contribution in [0.5, 0.6) is 0 Å². The van der Waals surface area contributed by atoms with Crippen molar-refractivity contribution in [1.29, 1.82) is 0 Å². The number of carboxylic acid groups (broad SMARTS) is 1. The van der Waals surface area contributed by atoms with Crippen molar-refractivity contribution in [2.45, 2.75) is 56.7 Å². The van der Waals surface area contributed by atoms with Crippen molar-refractivity contribution in [2.24, 2.45) is 0 Å². The van der Waals surface area contributed by atoms with Crippen LogP contribution in [0, 0.1) is 0 Å². The van der Waals surface area contributed by atoms with Crippen LogP contribution in [0.3, 0.4) is 0 Å². The van der Waals surface area contributed by atoms with Crippen molar-refractivity contribution >= 4 is 5.97 Å². The van der Waals surface area contributed by atoms with E-state index in [4.69, 9.17) is 4.74 Å². The second-order valence-corrected chi connectivity index (χ2v) is 5.21. The molecule has 1 atom stereocenters. The summed E-state index contributed by atoms with van der Waals surface area (Å²) in [7, 11) is 1.73. The number of hydrogen-bond donors (Lipinski definition) is 1. The number of carbonyl (C=O) groups is 1. The van der Waals surface area contributed by atoms with Gasteiger partial charge in [0.2, 0.25) is 0 Å². The third kappa shape index (κ3) is 1.84. The molecule has 1 aliphatic heterocycles. The van der Waals surface area contributed by atoms with Gasteiger partial charge in [-0.25, -0.2) is 0 Å². The Bertz CT molecular complexity index is 275. The zero-order valence-corrected chi connectivity index (χ0v) is 10.1. The molecule has 1 saturated carbocycles. The highest BCUT2D eigenvalue weighted by molar-refractivity contribution is 5.78. The summed E-state index contributed by atoms with van der Waals surface area (Å²) >= 11 is 0. The monoisotopic (exact) mass is 227 g/mol. The lowest BCUT2D eigenvalue weighted by Gasteiger charge is -2.51. The number of ether oxygens (including phenoxy) is 1. The minimum atomic E-state index is -0.673. The molecule has 4 nitrogen and oxygen atoms in total. The Balaban J connectivity index is 2.03. The first-order chi connectivity index (χ1) is 7.58. The summed E-state index contributed by atoms with van der Waals surface area (Å²) < 4.78 is 5.26. The molecular formula is C12H21NO3. The number of methoxy groups -OCH3 is 1. The van der Waals surface area contributed by atoms with Gasteiger partial charge in [0.05, 0.1) is 6.10 Å². The molecule has 0 spiro atoms. The topological polar surface area (TPSA) is 49.8 Å². The molecule has 0 aromatic heterocycles. The van der Waals surface area contributed by atoms with Crippen LogP contribution in [-0.2, 0) is 9.53 Å². The van der Waals surface area contributed by atoms with Crippen molar-refractivity contribution in [2.75, 3.05) is 13.7 Å². The molecule has 1 heterocycles. The summed E-state index contributed by atoms with van der Waals surface area (Å²) in [6.07, 6.45) is 5.23. The van der Waals surface area contributed by atoms with E-state index < -0.39 is 11.5 Å². The minimum absolute atomic E-state index is 0.338. The van der Waals surface area contributed by atoms with Gasteiger partial charge in [-0.05, 0) is 45.6 Å². The fourth-order valence-corrected chi connectivity index (χ4v) is 2.94. The predicted octanol–water partition coefficient (Wildman–Crippen LogP) is 1.49. The van der Waals surface area contributed by atoms with Crippen molar-refractivity contribution in [3.05, 3.63) is 0 Å². The van der Waals surface area contributed by atoms with Gasteiger partial charge >= 0.3 is 5.97 Å². The summed E-state index contributed by atoms with van der Waals surface area (Å²) in [4.78, 5) is 13.6. The molecule has 2 fully saturated rings. The molecule has 1 aliphatic carbocycles. The van der Waals surface area contributed by atoms with Gasteiger partial charge in [0.25, 0.3) is 0 Å². The van der Waals surface area contributed by atoms with E-state index in [9.17, 15) is 9.90 Å². The maximum atomic E-state index is 11.4. The molecule has 0 bridgehead atoms. The minimum Gasteiger partial charge on any atom is -0.480 e. The molecule has 2 rings (SSSR count). The van der Waals surface area contributed by atoms with Crippen LogP contribution < -0.4 is 0 Å². The van der Waals surface area contributed by atoms with Gasteiger partial charge in [-0.3, -0.25) is 9.69 Å². The number of rotatable bonds is 3. The largest absolute Gasteiger partial charge is 0.480 e. The molecule has 2 aliphatic rings. The Morgan fingerprint density at radius 1 is 1.44 bits per heavy atom. The van der Waals surface area contributed by atoms with Gasteiger partial charge in [-0.15, -0.1) is 0 Å². The second-order valence-electron chi connectivity index (χ2n) is 5.21. The maximum absolute atomic E-state index is 11.4. The van der Waals surface area contributed by atoms with Crippen LogP contribution >= 0.6 is 0 Å². The van der Waals surface area contributed by atoms with E-state index in [1.54, 1.807) is 7.11 Å². The number of likely N-dealkylation sites (tertiary alicyclic amines) is 1. The highest BCUT2D eigenvalue weighted by atomic mass is 16.5. The Morgan fingerprint density at radius 3 is 2.69 bits per heavy atom. The predicted molar refractivity (Wildman–Crippen MR) is 60.4 cm³/mol. The Kier molecular flexibility index (Phi) is 3.22. The van der Waals surface area contributed by atoms with Crippen LogP contribution in [0.15, 0.2) is 0 Å². The molecule has 4 heteroatoms. The van der Waals surface area contributed by atoms with Gasteiger partial charge in [0, 0.05) is 13.2 Å². The van der Waals surface area contributed by atoms with Crippen molar-refractivity contribution in [1.82, 2.24) is 4.90 Å². The fourth-order valence-electron chi connectivity index (χ4n) is 2.94. The van der Waals surface area contributed by atoms with Crippen LogP contribution in [0.2, 0.25) is 0 Å². The lowest BCUT2D eigenvalue weighted by Crippen LogP contribution is -2.62. The Hall–Kier alpha value is -0.610. The summed E-state index contributed by atoms with van der Waals surface area (Å²) in [6.45, 7) is 2.79. The van der Waals surface area contributed by atoms with E-state index >= 15 is 0 Å². The number of nitrogens with zero attached hydrogens (tertiary/aromatic N) is 1. The maximum Gasteiger partial charge on any atom is 0.323 e. The summed E-state index contributed by atoms with van der Waals surface area (Å²) in [6, 6.07) is 0.409. The van der Waals surface area contributed by atoms with Gasteiger partial charge in [-0.1, -0.05) is 0 Å². The molecule has 16 heavy (non-hydrogen) atoms. The summed E-state index contributed by atoms with van der Waals surface area (Å²) in [5.41, 5.74) is -0.651.